The molecule has 2 aromatic heterocycles. The van der Waals surface area contributed by atoms with Gasteiger partial charge in [-0.1, -0.05) is 11.6 Å². The molecule has 2 aliphatic rings. The van der Waals surface area contributed by atoms with E-state index in [9.17, 15) is 27.9 Å². The first kappa shape index (κ1) is 30.0. The highest BCUT2D eigenvalue weighted by atomic mass is 35.5. The number of alkyl halides is 3. The fraction of sp³-hybridized carbons (Fsp3) is 0.367. The maximum absolute atomic E-state index is 13.3. The summed E-state index contributed by atoms with van der Waals surface area (Å²) < 4.78 is 44.5. The van der Waals surface area contributed by atoms with Gasteiger partial charge in [0.05, 0.1) is 27.3 Å². The summed E-state index contributed by atoms with van der Waals surface area (Å²) in [7, 11) is 2.08. The van der Waals surface area contributed by atoms with Gasteiger partial charge in [0.25, 0.3) is 11.5 Å². The van der Waals surface area contributed by atoms with Gasteiger partial charge in [0, 0.05) is 30.9 Å². The van der Waals surface area contributed by atoms with E-state index in [1.165, 1.54) is 6.20 Å². The van der Waals surface area contributed by atoms with Crippen molar-refractivity contribution in [3.63, 3.8) is 0 Å². The molecule has 0 radical (unpaired) electrons. The predicted molar refractivity (Wildman–Crippen MR) is 159 cm³/mol. The number of hydrogen-bond donors (Lipinski definition) is 4. The molecule has 0 unspecified atom stereocenters. The molecule has 6 rings (SSSR count). The van der Waals surface area contributed by atoms with Crippen LogP contribution in [0.15, 0.2) is 47.4 Å². The number of fused-ring (bicyclic) bond motifs is 2. The molecule has 232 valence electrons. The van der Waals surface area contributed by atoms with Crippen LogP contribution in [-0.4, -0.2) is 81.2 Å². The summed E-state index contributed by atoms with van der Waals surface area (Å²) in [5.41, 5.74) is 1.92. The lowest BCUT2D eigenvalue weighted by atomic mass is 10.0. The fourth-order valence-electron chi connectivity index (χ4n) is 5.68. The van der Waals surface area contributed by atoms with Crippen molar-refractivity contribution in [3.05, 3.63) is 74.7 Å². The minimum Gasteiger partial charge on any atom is -0.489 e. The Morgan fingerprint density at radius 2 is 1.95 bits per heavy atom. The largest absolute Gasteiger partial charge is 0.489 e. The van der Waals surface area contributed by atoms with Crippen LogP contribution in [0.4, 0.5) is 18.9 Å². The average molecular weight is 631 g/mol. The molecule has 4 aromatic rings. The number of pyridine rings is 1. The van der Waals surface area contributed by atoms with E-state index in [1.807, 2.05) is 11.0 Å². The van der Waals surface area contributed by atoms with Gasteiger partial charge in [0.2, 0.25) is 0 Å². The standard InChI is InChI=1S/C30H30ClF3N6O4/c1-39-8-5-18(6-9-39)40-14-16-10-23-24(12-20(16)29(40)43)38-27(37-23)26-22(4-7-35-28(26)42)36-13-19(41)15-44-25-11-17(30(32,33)34)2-3-21(25)31/h2-4,7,10-12,18-19,41H,5-6,8-9,13-15H2,1H3,(H,37,38)(H2,35,36,42)/t19-/m1/s1. The molecule has 14 heteroatoms. The fourth-order valence-corrected chi connectivity index (χ4v) is 5.86. The maximum Gasteiger partial charge on any atom is 0.416 e. The number of anilines is 1. The lowest BCUT2D eigenvalue weighted by Gasteiger charge is -2.34. The molecule has 4 heterocycles. The van der Waals surface area contributed by atoms with Crippen LogP contribution in [0, 0.1) is 0 Å². The van der Waals surface area contributed by atoms with Crippen LogP contribution in [0.2, 0.25) is 5.02 Å². The molecule has 1 saturated heterocycles. The van der Waals surface area contributed by atoms with Gasteiger partial charge < -0.3 is 34.9 Å². The van der Waals surface area contributed by atoms with E-state index in [0.29, 0.717) is 28.8 Å². The van der Waals surface area contributed by atoms with Gasteiger partial charge in [-0.15, -0.1) is 0 Å². The van der Waals surface area contributed by atoms with Crippen LogP contribution in [0.25, 0.3) is 22.4 Å². The Labute approximate surface area is 254 Å². The summed E-state index contributed by atoms with van der Waals surface area (Å²) in [6.07, 6.45) is -2.43. The summed E-state index contributed by atoms with van der Waals surface area (Å²) in [6, 6.07) is 8.16. The summed E-state index contributed by atoms with van der Waals surface area (Å²) in [5.74, 6) is 0.0591. The molecule has 0 aliphatic carbocycles. The topological polar surface area (TPSA) is 127 Å². The second-order valence-corrected chi connectivity index (χ2v) is 11.6. The Hall–Kier alpha value is -4.07. The highest BCUT2D eigenvalue weighted by Crippen LogP contribution is 2.35. The highest BCUT2D eigenvalue weighted by molar-refractivity contribution is 6.32. The van der Waals surface area contributed by atoms with E-state index < -0.39 is 23.4 Å². The number of aliphatic hydroxyl groups is 1. The third-order valence-electron chi connectivity index (χ3n) is 8.08. The summed E-state index contributed by atoms with van der Waals surface area (Å²) >= 11 is 5.97. The molecule has 0 bridgehead atoms. The molecule has 10 nitrogen and oxygen atoms in total. The normalized spacial score (nSPS) is 16.9. The Bertz CT molecular complexity index is 1770. The monoisotopic (exact) mass is 630 g/mol. The van der Waals surface area contributed by atoms with Crippen molar-refractivity contribution in [2.75, 3.05) is 38.6 Å². The number of rotatable bonds is 8. The first-order chi connectivity index (χ1) is 21.0. The number of aromatic amines is 2. The zero-order valence-corrected chi connectivity index (χ0v) is 24.4. The Balaban J connectivity index is 1.16. The molecule has 1 amide bonds. The third kappa shape index (κ3) is 5.99. The number of carbonyl (C=O) groups is 1. The van der Waals surface area contributed by atoms with Crippen molar-refractivity contribution in [2.45, 2.75) is 37.7 Å². The zero-order valence-electron chi connectivity index (χ0n) is 23.7. The summed E-state index contributed by atoms with van der Waals surface area (Å²) in [4.78, 5) is 40.8. The third-order valence-corrected chi connectivity index (χ3v) is 8.40. The Morgan fingerprint density at radius 1 is 1.18 bits per heavy atom. The van der Waals surface area contributed by atoms with Crippen LogP contribution in [0.3, 0.4) is 0 Å². The number of amides is 1. The molecule has 2 aromatic carbocycles. The number of nitrogens with zero attached hydrogens (tertiary/aromatic N) is 3. The second kappa shape index (κ2) is 11.8. The molecule has 44 heavy (non-hydrogen) atoms. The predicted octanol–water partition coefficient (Wildman–Crippen LogP) is 4.49. The minimum absolute atomic E-state index is 0.00450. The smallest absolute Gasteiger partial charge is 0.416 e. The molecule has 0 spiro atoms. The minimum atomic E-state index is -4.57. The molecule has 2 aliphatic heterocycles. The van der Waals surface area contributed by atoms with Crippen LogP contribution >= 0.6 is 11.6 Å². The maximum atomic E-state index is 13.3. The first-order valence-electron chi connectivity index (χ1n) is 14.1. The van der Waals surface area contributed by atoms with Crippen molar-refractivity contribution in [2.24, 2.45) is 0 Å². The van der Waals surface area contributed by atoms with Gasteiger partial charge in [-0.25, -0.2) is 4.98 Å². The molecule has 1 atom stereocenters. The second-order valence-electron chi connectivity index (χ2n) is 11.2. The molecular formula is C30H30ClF3N6O4. The Morgan fingerprint density at radius 3 is 2.70 bits per heavy atom. The number of aromatic nitrogens is 3. The van der Waals surface area contributed by atoms with Crippen molar-refractivity contribution >= 4 is 34.2 Å². The van der Waals surface area contributed by atoms with E-state index in [1.54, 1.807) is 12.1 Å². The number of ether oxygens (including phenoxy) is 1. The number of H-pyrrole nitrogens is 2. The first-order valence-corrected chi connectivity index (χ1v) is 14.5. The van der Waals surface area contributed by atoms with Crippen LogP contribution in [-0.2, 0) is 12.7 Å². The number of hydrogen-bond acceptors (Lipinski definition) is 7. The zero-order chi connectivity index (χ0) is 31.2. The summed E-state index contributed by atoms with van der Waals surface area (Å²) in [6.45, 7) is 1.97. The number of benzene rings is 2. The molecular weight excluding hydrogens is 601 g/mol. The van der Waals surface area contributed by atoms with E-state index >= 15 is 0 Å². The molecule has 0 saturated carbocycles. The van der Waals surface area contributed by atoms with Crippen molar-refractivity contribution < 1.29 is 27.8 Å². The number of likely N-dealkylation sites (tertiary alicyclic amines) is 1. The number of piperidine rings is 1. The molecule has 1 fully saturated rings. The lowest BCUT2D eigenvalue weighted by molar-refractivity contribution is -0.137. The summed E-state index contributed by atoms with van der Waals surface area (Å²) in [5, 5.41) is 13.5. The van der Waals surface area contributed by atoms with E-state index in [4.69, 9.17) is 16.3 Å². The van der Waals surface area contributed by atoms with Gasteiger partial charge >= 0.3 is 6.18 Å². The van der Waals surface area contributed by atoms with Gasteiger partial charge in [-0.3, -0.25) is 9.59 Å². The van der Waals surface area contributed by atoms with Gasteiger partial charge in [0.15, 0.2) is 0 Å². The average Bonchev–Trinajstić information content (AvgIpc) is 3.54. The van der Waals surface area contributed by atoms with E-state index in [0.717, 1.165) is 49.7 Å². The SMILES string of the molecule is CN1CCC(N2Cc3cc4nc(-c5c(NC[C@@H](O)COc6cc(C(F)(F)F)ccc6Cl)cc[nH]c5=O)[nH]c4cc3C2=O)CC1. The molecule has 4 N–H and O–H groups in total. The van der Waals surface area contributed by atoms with Gasteiger partial charge in [0.1, 0.15) is 29.8 Å². The van der Waals surface area contributed by atoms with Crippen molar-refractivity contribution in [3.8, 4) is 17.1 Å². The number of aliphatic hydroxyl groups excluding tert-OH is 1. The van der Waals surface area contributed by atoms with Crippen molar-refractivity contribution in [1.82, 2.24) is 24.8 Å². The highest BCUT2D eigenvalue weighted by Gasteiger charge is 2.35. The number of imidazole rings is 1. The Kier molecular flexibility index (Phi) is 8.03. The van der Waals surface area contributed by atoms with Crippen LogP contribution in [0.1, 0.15) is 34.3 Å². The van der Waals surface area contributed by atoms with Crippen LogP contribution < -0.4 is 15.6 Å². The van der Waals surface area contributed by atoms with Gasteiger partial charge in [-0.05, 0) is 74.9 Å². The number of halogens is 4. The number of nitrogens with one attached hydrogen (secondary N) is 3. The quantitative estimate of drug-likeness (QED) is 0.226. The van der Waals surface area contributed by atoms with Crippen molar-refractivity contribution in [1.29, 1.82) is 0 Å². The van der Waals surface area contributed by atoms with E-state index in [-0.39, 0.29) is 47.3 Å². The number of carbonyl (C=O) groups excluding carboxylic acids is 1. The lowest BCUT2D eigenvalue weighted by Crippen LogP contribution is -2.43. The van der Waals surface area contributed by atoms with E-state index in [2.05, 4.69) is 32.2 Å². The van der Waals surface area contributed by atoms with Gasteiger partial charge in [-0.2, -0.15) is 13.2 Å². The van der Waals surface area contributed by atoms with Crippen LogP contribution in [0.5, 0.6) is 5.75 Å².